The first-order valence-corrected chi connectivity index (χ1v) is 21.0. The van der Waals surface area contributed by atoms with Gasteiger partial charge < -0.3 is 39.5 Å². The smallest absolute Gasteiger partial charge is 0.335 e. The van der Waals surface area contributed by atoms with E-state index in [0.29, 0.717) is 72.0 Å². The van der Waals surface area contributed by atoms with E-state index >= 15 is 0 Å². The monoisotopic (exact) mass is 910 g/mol. The summed E-state index contributed by atoms with van der Waals surface area (Å²) < 4.78 is 27.8. The second-order valence-corrected chi connectivity index (χ2v) is 15.7. The number of hydrogen-bond acceptors (Lipinski definition) is 16. The van der Waals surface area contributed by atoms with Gasteiger partial charge in [0, 0.05) is 53.0 Å². The van der Waals surface area contributed by atoms with Gasteiger partial charge in [-0.1, -0.05) is 42.0 Å². The van der Waals surface area contributed by atoms with Crippen molar-refractivity contribution in [2.75, 3.05) is 27.4 Å². The molecule has 0 aliphatic heterocycles. The van der Waals surface area contributed by atoms with Gasteiger partial charge in [-0.25, -0.2) is 14.8 Å². The number of amidine groups is 1. The zero-order chi connectivity index (χ0) is 46.7. The van der Waals surface area contributed by atoms with Crippen LogP contribution in [-0.4, -0.2) is 89.6 Å². The van der Waals surface area contributed by atoms with E-state index in [1.54, 1.807) is 70.2 Å². The second-order valence-electron chi connectivity index (χ2n) is 15.7. The molecule has 2 unspecified atom stereocenters. The van der Waals surface area contributed by atoms with Crippen molar-refractivity contribution >= 4 is 11.8 Å². The van der Waals surface area contributed by atoms with Crippen molar-refractivity contribution in [1.29, 1.82) is 0 Å². The third-order valence-corrected chi connectivity index (χ3v) is 10.8. The molecule has 2 fully saturated rings. The van der Waals surface area contributed by atoms with Crippen molar-refractivity contribution in [1.82, 2.24) is 40.0 Å². The van der Waals surface area contributed by atoms with E-state index in [2.05, 4.69) is 45.2 Å². The molecule has 0 spiro atoms. The summed E-state index contributed by atoms with van der Waals surface area (Å²) in [6.07, 6.45) is 9.08. The molecular weight excluding hydrogens is 857 g/mol. The number of methoxy groups -OCH3 is 2. The topological polar surface area (TPSA) is 249 Å². The number of oxime groups is 1. The normalized spacial score (nSPS) is 16.7. The predicted octanol–water partition coefficient (Wildman–Crippen LogP) is 8.52. The minimum absolute atomic E-state index is 0. The highest BCUT2D eigenvalue weighted by molar-refractivity contribution is 5.88. The molecule has 348 valence electrons. The third-order valence-electron chi connectivity index (χ3n) is 10.8. The number of carbonyl (C=O) groups is 1. The Morgan fingerprint density at radius 3 is 1.49 bits per heavy atom. The van der Waals surface area contributed by atoms with E-state index in [-0.39, 0.29) is 18.8 Å². The molecule has 9 rings (SSSR count). The van der Waals surface area contributed by atoms with Crippen molar-refractivity contribution in [3.05, 3.63) is 132 Å². The minimum atomic E-state index is -0.958. The van der Waals surface area contributed by atoms with E-state index < -0.39 is 5.97 Å². The van der Waals surface area contributed by atoms with Crippen LogP contribution in [0.1, 0.15) is 78.2 Å². The number of hydrogen-bond donors (Lipinski definition) is 3. The van der Waals surface area contributed by atoms with E-state index in [4.69, 9.17) is 39.5 Å². The van der Waals surface area contributed by atoms with Crippen molar-refractivity contribution in [2.45, 2.75) is 59.8 Å². The molecule has 0 amide bonds. The molecule has 2 aliphatic carbocycles. The zero-order valence-electron chi connectivity index (χ0n) is 37.3. The van der Waals surface area contributed by atoms with Gasteiger partial charge >= 0.3 is 5.97 Å². The number of aryl methyl sites for hydroxylation is 3. The first-order chi connectivity index (χ1) is 31.9. The quantitative estimate of drug-likeness (QED) is 0.0400. The van der Waals surface area contributed by atoms with Gasteiger partial charge in [-0.3, -0.25) is 9.97 Å². The van der Waals surface area contributed by atoms with Crippen LogP contribution in [0.2, 0.25) is 0 Å². The Morgan fingerprint density at radius 2 is 1.12 bits per heavy atom. The standard InChI is InChI=1S/C24H23N5O3.C22H21N3O4.C2H6N2O.CH4/c1-14-25-12-21(16-4-6-17(7-5-16)23-28-15(2)29-32-23)24(27-14)31-13-18-10-20(18)22-9-8-19(30-3)11-26-22;1-13-23-11-19(14-3-5-15(6-4-14)22(26)27)21(25-13)29-12-16-9-18(16)20-8-7-17(28-2)10-24-20;1-2(3)4-5;/h4-9,11-12,18,20H,10,13H2,1-3H3;3-8,10-11,16,18H,9,12H2,1-2H3,(H,26,27);5H,1H3,(H2,3,4);1H4/t18-,20?;16-,18?;;/m11../s1. The molecule has 5 heterocycles. The SMILES string of the molecule is C.CC(N)=NO.COc1ccc(C2C[C@@H]2COc2nc(C)ncc2-c2ccc(-c3nc(C)no3)cc2)nc1.COc1ccc(C2C[C@@H]2COc2nc(C)ncc2-c2ccc(C(=O)O)cc2)nc1. The fraction of sp³-hybridized carbons (Fsp3) is 0.306. The van der Waals surface area contributed by atoms with Gasteiger partial charge in [0.05, 0.1) is 56.5 Å². The van der Waals surface area contributed by atoms with Crippen LogP contribution in [0, 0.1) is 32.6 Å². The van der Waals surface area contributed by atoms with Gasteiger partial charge in [0.25, 0.3) is 5.89 Å². The molecule has 2 aromatic carbocycles. The number of carboxylic acid groups (broad SMARTS) is 1. The molecular formula is C49H54N10O8. The largest absolute Gasteiger partial charge is 0.495 e. The average Bonchev–Trinajstić information content (AvgIpc) is 4.26. The summed E-state index contributed by atoms with van der Waals surface area (Å²) in [4.78, 5) is 41.9. The summed E-state index contributed by atoms with van der Waals surface area (Å²) in [5.74, 6) is 5.82. The molecule has 7 aromatic rings. The van der Waals surface area contributed by atoms with Crippen LogP contribution < -0.4 is 24.7 Å². The molecule has 18 nitrogen and oxygen atoms in total. The van der Waals surface area contributed by atoms with Gasteiger partial charge in [0.2, 0.25) is 11.8 Å². The van der Waals surface area contributed by atoms with Crippen LogP contribution in [0.25, 0.3) is 33.7 Å². The number of benzene rings is 2. The number of aromatic carboxylic acids is 1. The van der Waals surface area contributed by atoms with Crippen molar-refractivity contribution in [3.63, 3.8) is 0 Å². The first kappa shape index (κ1) is 48.4. The van der Waals surface area contributed by atoms with Gasteiger partial charge in [-0.2, -0.15) is 15.0 Å². The first-order valence-electron chi connectivity index (χ1n) is 21.0. The molecule has 4 N–H and O–H groups in total. The highest BCUT2D eigenvalue weighted by atomic mass is 16.5. The average molecular weight is 911 g/mol. The molecule has 0 radical (unpaired) electrons. The lowest BCUT2D eigenvalue weighted by atomic mass is 10.1. The second kappa shape index (κ2) is 22.3. The summed E-state index contributed by atoms with van der Waals surface area (Å²) in [6, 6.07) is 22.3. The maximum atomic E-state index is 11.1. The summed E-state index contributed by atoms with van der Waals surface area (Å²) in [7, 11) is 3.27. The number of aromatic nitrogens is 8. The van der Waals surface area contributed by atoms with Crippen LogP contribution in [0.4, 0.5) is 0 Å². The lowest BCUT2D eigenvalue weighted by Crippen LogP contribution is -2.06. The Morgan fingerprint density at radius 1 is 0.672 bits per heavy atom. The number of pyridine rings is 2. The molecule has 0 bridgehead atoms. The maximum absolute atomic E-state index is 11.1. The van der Waals surface area contributed by atoms with Crippen molar-refractivity contribution in [3.8, 4) is 57.0 Å². The molecule has 4 atom stereocenters. The molecule has 67 heavy (non-hydrogen) atoms. The zero-order valence-corrected chi connectivity index (χ0v) is 37.3. The van der Waals surface area contributed by atoms with Crippen LogP contribution in [-0.2, 0) is 0 Å². The van der Waals surface area contributed by atoms with Crippen molar-refractivity contribution < 1.29 is 38.6 Å². The molecule has 2 aliphatic rings. The Bertz CT molecular complexity index is 2750. The summed E-state index contributed by atoms with van der Waals surface area (Å²) in [6.45, 7) is 8.09. The Kier molecular flexibility index (Phi) is 16.1. The number of ether oxygens (including phenoxy) is 4. The van der Waals surface area contributed by atoms with E-state index in [1.807, 2.05) is 62.4 Å². The molecule has 0 saturated heterocycles. The van der Waals surface area contributed by atoms with Gasteiger partial charge in [-0.05, 0) is 100 Å². The molecule has 5 aromatic heterocycles. The molecule has 18 heteroatoms. The van der Waals surface area contributed by atoms with Gasteiger partial charge in [0.15, 0.2) is 5.82 Å². The van der Waals surface area contributed by atoms with Crippen LogP contribution >= 0.6 is 0 Å². The predicted molar refractivity (Wildman–Crippen MR) is 249 cm³/mol. The number of carboxylic acids is 1. The Labute approximate surface area is 388 Å². The van der Waals surface area contributed by atoms with E-state index in [0.717, 1.165) is 63.5 Å². The van der Waals surface area contributed by atoms with Crippen LogP contribution in [0.15, 0.2) is 107 Å². The Hall–Kier alpha value is -8.02. The summed E-state index contributed by atoms with van der Waals surface area (Å²) >= 11 is 0. The van der Waals surface area contributed by atoms with Crippen LogP contribution in [0.3, 0.4) is 0 Å². The van der Waals surface area contributed by atoms with E-state index in [1.165, 1.54) is 6.92 Å². The third kappa shape index (κ3) is 12.8. The lowest BCUT2D eigenvalue weighted by Gasteiger charge is -2.11. The number of nitrogens with two attached hydrogens (primary N) is 1. The highest BCUT2D eigenvalue weighted by Crippen LogP contribution is 2.48. The van der Waals surface area contributed by atoms with Gasteiger partial charge in [-0.15, -0.1) is 0 Å². The van der Waals surface area contributed by atoms with Crippen molar-refractivity contribution in [2.24, 2.45) is 22.7 Å². The molecule has 2 saturated carbocycles. The maximum Gasteiger partial charge on any atom is 0.335 e. The highest BCUT2D eigenvalue weighted by Gasteiger charge is 2.41. The Balaban J connectivity index is 0.000000199. The lowest BCUT2D eigenvalue weighted by molar-refractivity contribution is 0.0697. The fourth-order valence-electron chi connectivity index (χ4n) is 6.94. The van der Waals surface area contributed by atoms with E-state index in [9.17, 15) is 4.79 Å². The number of rotatable bonds is 14. The number of nitrogens with zero attached hydrogens (tertiary/aromatic N) is 9. The summed E-state index contributed by atoms with van der Waals surface area (Å²) in [5, 5.41) is 23.1. The fourth-order valence-corrected chi connectivity index (χ4v) is 6.94. The van der Waals surface area contributed by atoms with Gasteiger partial charge in [0.1, 0.15) is 29.0 Å². The minimum Gasteiger partial charge on any atom is -0.495 e. The van der Waals surface area contributed by atoms with Crippen LogP contribution in [0.5, 0.6) is 23.3 Å². The summed E-state index contributed by atoms with van der Waals surface area (Å²) in [5.41, 5.74) is 11.4.